The molecule has 21 heavy (non-hydrogen) atoms. The molecule has 0 unspecified atom stereocenters. The first-order chi connectivity index (χ1) is 10.1. The maximum atomic E-state index is 11.9. The highest BCUT2D eigenvalue weighted by Gasteiger charge is 2.10. The number of hydrogen-bond donors (Lipinski definition) is 0. The summed E-state index contributed by atoms with van der Waals surface area (Å²) in [7, 11) is 1.56. The van der Waals surface area contributed by atoms with E-state index in [9.17, 15) is 4.79 Å². The van der Waals surface area contributed by atoms with Gasteiger partial charge in [0.1, 0.15) is 0 Å². The average Bonchev–Trinajstić information content (AvgIpc) is 2.48. The molecule has 0 heterocycles. The van der Waals surface area contributed by atoms with Crippen LogP contribution in [0.15, 0.2) is 42.5 Å². The normalized spacial score (nSPS) is 10.2. The first kappa shape index (κ1) is 15.4. The molecule has 0 amide bonds. The zero-order valence-electron chi connectivity index (χ0n) is 12.1. The number of benzene rings is 2. The van der Waals surface area contributed by atoms with Gasteiger partial charge in [-0.2, -0.15) is 0 Å². The zero-order valence-corrected chi connectivity index (χ0v) is 12.8. The number of rotatable bonds is 5. The molecule has 2 aromatic carbocycles. The van der Waals surface area contributed by atoms with Gasteiger partial charge in [-0.25, -0.2) is 0 Å². The molecule has 0 aromatic heterocycles. The zero-order chi connectivity index (χ0) is 15.2. The van der Waals surface area contributed by atoms with E-state index in [-0.39, 0.29) is 5.97 Å². The van der Waals surface area contributed by atoms with Crippen LogP contribution in [0.25, 0.3) is 0 Å². The molecule has 0 saturated carbocycles. The molecule has 0 N–H and O–H groups in total. The topological polar surface area (TPSA) is 35.5 Å². The van der Waals surface area contributed by atoms with E-state index in [2.05, 4.69) is 0 Å². The Labute approximate surface area is 129 Å². The van der Waals surface area contributed by atoms with Crippen molar-refractivity contribution in [2.24, 2.45) is 0 Å². The van der Waals surface area contributed by atoms with Crippen molar-refractivity contribution in [1.82, 2.24) is 0 Å². The lowest BCUT2D eigenvalue weighted by atomic mass is 10.1. The van der Waals surface area contributed by atoms with Crippen LogP contribution < -0.4 is 9.47 Å². The van der Waals surface area contributed by atoms with Gasteiger partial charge in [0.25, 0.3) is 0 Å². The molecule has 0 aliphatic carbocycles. The van der Waals surface area contributed by atoms with Crippen molar-refractivity contribution in [2.45, 2.75) is 19.8 Å². The first-order valence-electron chi connectivity index (χ1n) is 6.68. The van der Waals surface area contributed by atoms with Crippen molar-refractivity contribution in [3.8, 4) is 11.5 Å². The van der Waals surface area contributed by atoms with Crippen LogP contribution in [0.4, 0.5) is 0 Å². The molecule has 0 bridgehead atoms. The van der Waals surface area contributed by atoms with E-state index < -0.39 is 0 Å². The van der Waals surface area contributed by atoms with Crippen LogP contribution in [-0.4, -0.2) is 13.1 Å². The van der Waals surface area contributed by atoms with Crippen LogP contribution in [0, 0.1) is 6.92 Å². The summed E-state index contributed by atoms with van der Waals surface area (Å²) in [5, 5.41) is 0.686. The van der Waals surface area contributed by atoms with E-state index >= 15 is 0 Å². The van der Waals surface area contributed by atoms with E-state index in [0.29, 0.717) is 29.4 Å². The predicted molar refractivity (Wildman–Crippen MR) is 83.1 cm³/mol. The van der Waals surface area contributed by atoms with Crippen molar-refractivity contribution in [3.05, 3.63) is 58.6 Å². The minimum Gasteiger partial charge on any atom is -0.493 e. The van der Waals surface area contributed by atoms with E-state index in [1.165, 1.54) is 0 Å². The molecule has 0 spiro atoms. The molecule has 2 rings (SSSR count). The standard InChI is InChI=1S/C17H17ClO3/c1-12-3-9-15(16(11-12)20-2)21-17(19)10-6-13-4-7-14(18)8-5-13/h3-5,7-9,11H,6,10H2,1-2H3. The Morgan fingerprint density at radius 1 is 1.10 bits per heavy atom. The Morgan fingerprint density at radius 3 is 2.48 bits per heavy atom. The first-order valence-corrected chi connectivity index (χ1v) is 7.06. The number of aryl methyl sites for hydroxylation is 2. The molecule has 0 radical (unpaired) electrons. The van der Waals surface area contributed by atoms with Crippen LogP contribution in [0.3, 0.4) is 0 Å². The minimum atomic E-state index is -0.285. The number of carbonyl (C=O) groups excluding carboxylic acids is 1. The monoisotopic (exact) mass is 304 g/mol. The highest BCUT2D eigenvalue weighted by Crippen LogP contribution is 2.28. The van der Waals surface area contributed by atoms with Crippen molar-refractivity contribution in [3.63, 3.8) is 0 Å². The Hall–Kier alpha value is -2.00. The summed E-state index contributed by atoms with van der Waals surface area (Å²) in [5.74, 6) is 0.728. The van der Waals surface area contributed by atoms with E-state index in [4.69, 9.17) is 21.1 Å². The second-order valence-corrected chi connectivity index (χ2v) is 5.19. The Morgan fingerprint density at radius 2 is 1.81 bits per heavy atom. The average molecular weight is 305 g/mol. The molecule has 4 heteroatoms. The highest BCUT2D eigenvalue weighted by molar-refractivity contribution is 6.30. The van der Waals surface area contributed by atoms with Gasteiger partial charge in [0, 0.05) is 11.4 Å². The number of halogens is 1. The van der Waals surface area contributed by atoms with E-state index in [1.54, 1.807) is 13.2 Å². The van der Waals surface area contributed by atoms with Crippen molar-refractivity contribution >= 4 is 17.6 Å². The predicted octanol–water partition coefficient (Wildman–Crippen LogP) is 4.20. The van der Waals surface area contributed by atoms with E-state index in [1.807, 2.05) is 43.3 Å². The maximum Gasteiger partial charge on any atom is 0.311 e. The third-order valence-corrected chi connectivity index (χ3v) is 3.33. The number of hydrogen-bond acceptors (Lipinski definition) is 3. The van der Waals surface area contributed by atoms with Crippen molar-refractivity contribution < 1.29 is 14.3 Å². The Bertz CT molecular complexity index is 620. The van der Waals surface area contributed by atoms with Gasteiger partial charge in [-0.05, 0) is 48.7 Å². The fraction of sp³-hybridized carbons (Fsp3) is 0.235. The summed E-state index contributed by atoms with van der Waals surface area (Å²) in [6, 6.07) is 12.9. The Kier molecular flexibility index (Phi) is 5.23. The number of ether oxygens (including phenoxy) is 2. The summed E-state index contributed by atoms with van der Waals surface area (Å²) >= 11 is 5.82. The lowest BCUT2D eigenvalue weighted by Gasteiger charge is -2.10. The third kappa shape index (κ3) is 4.50. The van der Waals surface area contributed by atoms with Gasteiger partial charge in [0.2, 0.25) is 0 Å². The summed E-state index contributed by atoms with van der Waals surface area (Å²) in [5.41, 5.74) is 2.10. The fourth-order valence-electron chi connectivity index (χ4n) is 1.93. The second kappa shape index (κ2) is 7.14. The van der Waals surface area contributed by atoms with Gasteiger partial charge in [-0.1, -0.05) is 29.8 Å². The van der Waals surface area contributed by atoms with Gasteiger partial charge in [0.15, 0.2) is 11.5 Å². The van der Waals surface area contributed by atoms with E-state index in [0.717, 1.165) is 11.1 Å². The van der Waals surface area contributed by atoms with Crippen LogP contribution in [0.2, 0.25) is 5.02 Å². The van der Waals surface area contributed by atoms with Crippen LogP contribution in [-0.2, 0) is 11.2 Å². The lowest BCUT2D eigenvalue weighted by Crippen LogP contribution is -2.09. The SMILES string of the molecule is COc1cc(C)ccc1OC(=O)CCc1ccc(Cl)cc1. The van der Waals surface area contributed by atoms with Crippen LogP contribution in [0.5, 0.6) is 11.5 Å². The molecule has 2 aromatic rings. The van der Waals surface area contributed by atoms with Gasteiger partial charge < -0.3 is 9.47 Å². The highest BCUT2D eigenvalue weighted by atomic mass is 35.5. The number of carbonyl (C=O) groups is 1. The summed E-state index contributed by atoms with van der Waals surface area (Å²) in [4.78, 5) is 11.9. The maximum absolute atomic E-state index is 11.9. The fourth-order valence-corrected chi connectivity index (χ4v) is 2.06. The molecule has 3 nitrogen and oxygen atoms in total. The van der Waals surface area contributed by atoms with Gasteiger partial charge in [0.05, 0.1) is 7.11 Å². The largest absolute Gasteiger partial charge is 0.493 e. The van der Waals surface area contributed by atoms with Crippen molar-refractivity contribution in [1.29, 1.82) is 0 Å². The minimum absolute atomic E-state index is 0.285. The summed E-state index contributed by atoms with van der Waals surface area (Å²) in [6.45, 7) is 1.95. The van der Waals surface area contributed by atoms with Crippen molar-refractivity contribution in [2.75, 3.05) is 7.11 Å². The van der Waals surface area contributed by atoms with Crippen LogP contribution >= 0.6 is 11.6 Å². The number of methoxy groups -OCH3 is 1. The molecular weight excluding hydrogens is 288 g/mol. The molecule has 110 valence electrons. The second-order valence-electron chi connectivity index (χ2n) is 4.75. The third-order valence-electron chi connectivity index (χ3n) is 3.07. The summed E-state index contributed by atoms with van der Waals surface area (Å²) in [6.07, 6.45) is 0.919. The molecular formula is C17H17ClO3. The molecule has 0 atom stereocenters. The molecule has 0 fully saturated rings. The molecule has 0 saturated heterocycles. The molecule has 0 aliphatic rings. The van der Waals surface area contributed by atoms with Gasteiger partial charge >= 0.3 is 5.97 Å². The van der Waals surface area contributed by atoms with Gasteiger partial charge in [-0.15, -0.1) is 0 Å². The molecule has 0 aliphatic heterocycles. The Balaban J connectivity index is 1.94. The quantitative estimate of drug-likeness (QED) is 0.613. The smallest absolute Gasteiger partial charge is 0.311 e. The number of esters is 1. The van der Waals surface area contributed by atoms with Gasteiger partial charge in [-0.3, -0.25) is 4.79 Å². The lowest BCUT2D eigenvalue weighted by molar-refractivity contribution is -0.134. The van der Waals surface area contributed by atoms with Crippen LogP contribution in [0.1, 0.15) is 17.5 Å². The summed E-state index contributed by atoms with van der Waals surface area (Å²) < 4.78 is 10.6.